The molecule has 4 heteroatoms. The van der Waals surface area contributed by atoms with Gasteiger partial charge in [0.1, 0.15) is 5.78 Å². The van der Waals surface area contributed by atoms with E-state index in [1.54, 1.807) is 11.3 Å². The van der Waals surface area contributed by atoms with Crippen LogP contribution in [0.25, 0.3) is 0 Å². The van der Waals surface area contributed by atoms with Crippen LogP contribution in [0.2, 0.25) is 0 Å². The van der Waals surface area contributed by atoms with Gasteiger partial charge in [0.05, 0.1) is 3.79 Å². The van der Waals surface area contributed by atoms with E-state index in [1.165, 1.54) is 0 Å². The van der Waals surface area contributed by atoms with Crippen molar-refractivity contribution < 1.29 is 4.79 Å². The van der Waals surface area contributed by atoms with Gasteiger partial charge in [-0.05, 0) is 52.9 Å². The first-order valence-corrected chi connectivity index (χ1v) is 7.50. The molecular formula is C13H20BrNOS. The molecule has 0 aliphatic rings. The Morgan fingerprint density at radius 3 is 2.65 bits per heavy atom. The Bertz CT molecular complexity index is 373. The van der Waals surface area contributed by atoms with Crippen LogP contribution in [-0.2, 0) is 11.2 Å². The molecule has 96 valence electrons. The smallest absolute Gasteiger partial charge is 0.138 e. The number of hydrogen-bond donors (Lipinski definition) is 1. The predicted octanol–water partition coefficient (Wildman–Crippen LogP) is 3.78. The molecule has 17 heavy (non-hydrogen) atoms. The average Bonchev–Trinajstić information content (AvgIpc) is 2.61. The maximum absolute atomic E-state index is 11.8. The number of nitrogens with two attached hydrogens (primary N) is 1. The van der Waals surface area contributed by atoms with E-state index in [-0.39, 0.29) is 5.41 Å². The topological polar surface area (TPSA) is 43.1 Å². The Morgan fingerprint density at radius 2 is 2.12 bits per heavy atom. The Hall–Kier alpha value is -0.190. The normalized spacial score (nSPS) is 11.8. The van der Waals surface area contributed by atoms with Crippen LogP contribution >= 0.6 is 27.3 Å². The van der Waals surface area contributed by atoms with Crippen molar-refractivity contribution in [3.8, 4) is 0 Å². The molecule has 0 atom stereocenters. The van der Waals surface area contributed by atoms with Crippen LogP contribution in [0.5, 0.6) is 0 Å². The van der Waals surface area contributed by atoms with Gasteiger partial charge in [0, 0.05) is 17.7 Å². The van der Waals surface area contributed by atoms with Gasteiger partial charge in [-0.1, -0.05) is 13.8 Å². The van der Waals surface area contributed by atoms with E-state index in [2.05, 4.69) is 29.8 Å². The summed E-state index contributed by atoms with van der Waals surface area (Å²) in [7, 11) is 0. The van der Waals surface area contributed by atoms with Crippen LogP contribution in [0.15, 0.2) is 15.9 Å². The lowest BCUT2D eigenvalue weighted by Gasteiger charge is -2.23. The first-order chi connectivity index (χ1) is 7.93. The second-order valence-corrected chi connectivity index (χ2v) is 7.67. The minimum absolute atomic E-state index is 0.181. The van der Waals surface area contributed by atoms with Crippen LogP contribution in [-0.4, -0.2) is 12.3 Å². The van der Waals surface area contributed by atoms with Crippen molar-refractivity contribution in [3.05, 3.63) is 20.8 Å². The minimum atomic E-state index is 0.181. The van der Waals surface area contributed by atoms with Gasteiger partial charge in [-0.15, -0.1) is 11.3 Å². The standard InChI is InChI=1S/C13H20BrNOS/c1-13(2,7-8-15)6-5-10(16)9-11-3-4-12(14)17-11/h3-4H,5-9,15H2,1-2H3. The zero-order valence-electron chi connectivity index (χ0n) is 10.5. The Kier molecular flexibility index (Phi) is 5.83. The Balaban J connectivity index is 2.35. The van der Waals surface area contributed by atoms with E-state index >= 15 is 0 Å². The molecule has 0 radical (unpaired) electrons. The summed E-state index contributed by atoms with van der Waals surface area (Å²) in [6.07, 6.45) is 3.12. The molecule has 1 aromatic heterocycles. The zero-order chi connectivity index (χ0) is 12.9. The molecule has 0 bridgehead atoms. The summed E-state index contributed by atoms with van der Waals surface area (Å²) in [5.74, 6) is 0.324. The molecule has 0 fully saturated rings. The van der Waals surface area contributed by atoms with E-state index in [0.29, 0.717) is 25.2 Å². The van der Waals surface area contributed by atoms with E-state index in [4.69, 9.17) is 5.73 Å². The molecular weight excluding hydrogens is 298 g/mol. The second kappa shape index (κ2) is 6.66. The summed E-state index contributed by atoms with van der Waals surface area (Å²) in [5.41, 5.74) is 5.74. The van der Waals surface area contributed by atoms with Crippen LogP contribution in [0.1, 0.15) is 38.0 Å². The number of ketones is 1. The molecule has 1 rings (SSSR count). The van der Waals surface area contributed by atoms with Gasteiger partial charge < -0.3 is 5.73 Å². The van der Waals surface area contributed by atoms with Gasteiger partial charge >= 0.3 is 0 Å². The highest BCUT2D eigenvalue weighted by Crippen LogP contribution is 2.27. The largest absolute Gasteiger partial charge is 0.330 e. The average molecular weight is 318 g/mol. The van der Waals surface area contributed by atoms with Gasteiger partial charge in [-0.2, -0.15) is 0 Å². The fourth-order valence-corrected chi connectivity index (χ4v) is 3.23. The summed E-state index contributed by atoms with van der Waals surface area (Å²) >= 11 is 5.04. The molecule has 0 aliphatic heterocycles. The summed E-state index contributed by atoms with van der Waals surface area (Å²) in [6.45, 7) is 5.04. The molecule has 0 amide bonds. The first kappa shape index (κ1) is 14.9. The predicted molar refractivity (Wildman–Crippen MR) is 77.4 cm³/mol. The summed E-state index contributed by atoms with van der Waals surface area (Å²) < 4.78 is 1.09. The molecule has 0 saturated heterocycles. The third-order valence-corrected chi connectivity index (χ3v) is 4.53. The molecule has 0 unspecified atom stereocenters. The number of rotatable bonds is 7. The molecule has 0 spiro atoms. The van der Waals surface area contributed by atoms with Gasteiger partial charge in [-0.3, -0.25) is 4.79 Å². The Morgan fingerprint density at radius 1 is 1.41 bits per heavy atom. The van der Waals surface area contributed by atoms with Crippen molar-refractivity contribution in [2.45, 2.75) is 39.5 Å². The van der Waals surface area contributed by atoms with Crippen molar-refractivity contribution in [1.82, 2.24) is 0 Å². The van der Waals surface area contributed by atoms with Gasteiger partial charge in [0.25, 0.3) is 0 Å². The molecule has 2 nitrogen and oxygen atoms in total. The quantitative estimate of drug-likeness (QED) is 0.831. The lowest BCUT2D eigenvalue weighted by molar-refractivity contribution is -0.118. The van der Waals surface area contributed by atoms with E-state index in [0.717, 1.165) is 21.5 Å². The molecule has 1 heterocycles. The van der Waals surface area contributed by atoms with E-state index in [1.807, 2.05) is 12.1 Å². The Labute approximate surface area is 116 Å². The minimum Gasteiger partial charge on any atom is -0.330 e. The fraction of sp³-hybridized carbons (Fsp3) is 0.615. The van der Waals surface area contributed by atoms with Crippen molar-refractivity contribution in [2.24, 2.45) is 11.1 Å². The van der Waals surface area contributed by atoms with Crippen molar-refractivity contribution in [1.29, 1.82) is 0 Å². The van der Waals surface area contributed by atoms with Crippen molar-refractivity contribution in [3.63, 3.8) is 0 Å². The molecule has 1 aromatic rings. The van der Waals surface area contributed by atoms with Crippen molar-refractivity contribution in [2.75, 3.05) is 6.54 Å². The number of hydrogen-bond acceptors (Lipinski definition) is 3. The van der Waals surface area contributed by atoms with Gasteiger partial charge in [0.15, 0.2) is 0 Å². The highest BCUT2D eigenvalue weighted by molar-refractivity contribution is 9.11. The zero-order valence-corrected chi connectivity index (χ0v) is 12.9. The lowest BCUT2D eigenvalue weighted by atomic mass is 9.83. The maximum atomic E-state index is 11.8. The fourth-order valence-electron chi connectivity index (χ4n) is 1.72. The highest BCUT2D eigenvalue weighted by atomic mass is 79.9. The molecule has 2 N–H and O–H groups in total. The SMILES string of the molecule is CC(C)(CCN)CCC(=O)Cc1ccc(Br)s1. The van der Waals surface area contributed by atoms with Crippen LogP contribution < -0.4 is 5.73 Å². The molecule has 0 saturated carbocycles. The number of halogens is 1. The number of thiophene rings is 1. The number of carbonyl (C=O) groups excluding carboxylic acids is 1. The second-order valence-electron chi connectivity index (χ2n) is 5.12. The van der Waals surface area contributed by atoms with Crippen LogP contribution in [0.3, 0.4) is 0 Å². The van der Waals surface area contributed by atoms with Crippen LogP contribution in [0.4, 0.5) is 0 Å². The monoisotopic (exact) mass is 317 g/mol. The first-order valence-electron chi connectivity index (χ1n) is 5.89. The summed E-state index contributed by atoms with van der Waals surface area (Å²) in [4.78, 5) is 13.0. The maximum Gasteiger partial charge on any atom is 0.138 e. The number of carbonyl (C=O) groups is 1. The van der Waals surface area contributed by atoms with E-state index in [9.17, 15) is 4.79 Å². The van der Waals surface area contributed by atoms with Gasteiger partial charge in [0.2, 0.25) is 0 Å². The third-order valence-electron chi connectivity index (χ3n) is 2.90. The highest BCUT2D eigenvalue weighted by Gasteiger charge is 2.18. The molecule has 0 aliphatic carbocycles. The van der Waals surface area contributed by atoms with Gasteiger partial charge in [-0.25, -0.2) is 0 Å². The summed E-state index contributed by atoms with van der Waals surface area (Å²) in [5, 5.41) is 0. The van der Waals surface area contributed by atoms with Crippen LogP contribution in [0, 0.1) is 5.41 Å². The number of Topliss-reactive ketones (excluding diaryl/α,β-unsaturated/α-hetero) is 1. The lowest BCUT2D eigenvalue weighted by Crippen LogP contribution is -2.18. The molecule has 0 aromatic carbocycles. The van der Waals surface area contributed by atoms with Crippen molar-refractivity contribution >= 4 is 33.0 Å². The third kappa shape index (κ3) is 5.80. The summed E-state index contributed by atoms with van der Waals surface area (Å²) in [6, 6.07) is 4.00. The van der Waals surface area contributed by atoms with E-state index < -0.39 is 0 Å².